The number of carboxylic acids is 1. The fourth-order valence-electron chi connectivity index (χ4n) is 0.859. The fraction of sp³-hybridized carbons (Fsp3) is 0.900. The molecule has 3 nitrogen and oxygen atoms in total. The molecular formula is C10H21NO2S. The highest BCUT2D eigenvalue weighted by Crippen LogP contribution is 2.13. The third-order valence-corrected chi connectivity index (χ3v) is 3.19. The Morgan fingerprint density at radius 3 is 2.57 bits per heavy atom. The Morgan fingerprint density at radius 2 is 2.14 bits per heavy atom. The molecule has 0 heterocycles. The highest BCUT2D eigenvalue weighted by atomic mass is 32.2. The molecule has 0 radical (unpaired) electrons. The monoisotopic (exact) mass is 219 g/mol. The molecule has 1 unspecified atom stereocenters. The molecule has 0 aliphatic carbocycles. The first-order valence-electron chi connectivity index (χ1n) is 4.94. The van der Waals surface area contributed by atoms with E-state index < -0.39 is 11.4 Å². The van der Waals surface area contributed by atoms with Crippen molar-refractivity contribution in [1.82, 2.24) is 5.32 Å². The Kier molecular flexibility index (Phi) is 6.20. The molecule has 0 aromatic heterocycles. The lowest BCUT2D eigenvalue weighted by atomic mass is 9.94. The number of carboxylic acid groups (broad SMARTS) is 1. The van der Waals surface area contributed by atoms with Gasteiger partial charge in [-0.2, -0.15) is 11.8 Å². The molecule has 84 valence electrons. The van der Waals surface area contributed by atoms with Gasteiger partial charge < -0.3 is 10.4 Å². The molecule has 0 aliphatic heterocycles. The third-order valence-electron chi connectivity index (χ3n) is 2.04. The van der Waals surface area contributed by atoms with Crippen LogP contribution in [0.2, 0.25) is 0 Å². The first-order valence-corrected chi connectivity index (χ1v) is 6.10. The van der Waals surface area contributed by atoms with Crippen LogP contribution in [0.15, 0.2) is 0 Å². The number of hydrogen-bond acceptors (Lipinski definition) is 3. The van der Waals surface area contributed by atoms with Crippen molar-refractivity contribution in [3.05, 3.63) is 0 Å². The van der Waals surface area contributed by atoms with Crippen LogP contribution in [0.5, 0.6) is 0 Å². The minimum atomic E-state index is -0.750. The maximum Gasteiger partial charge on any atom is 0.310 e. The van der Waals surface area contributed by atoms with Gasteiger partial charge >= 0.3 is 5.97 Å². The molecule has 14 heavy (non-hydrogen) atoms. The molecule has 0 spiro atoms. The molecule has 0 aliphatic rings. The van der Waals surface area contributed by atoms with Crippen molar-refractivity contribution in [1.29, 1.82) is 0 Å². The summed E-state index contributed by atoms with van der Waals surface area (Å²) >= 11 is 1.87. The summed E-state index contributed by atoms with van der Waals surface area (Å²) in [4.78, 5) is 10.8. The van der Waals surface area contributed by atoms with Crippen LogP contribution in [0.25, 0.3) is 0 Å². The molecule has 0 amide bonds. The van der Waals surface area contributed by atoms with E-state index in [4.69, 9.17) is 5.11 Å². The van der Waals surface area contributed by atoms with Gasteiger partial charge in [-0.15, -0.1) is 0 Å². The van der Waals surface area contributed by atoms with Gasteiger partial charge in [-0.3, -0.25) is 4.79 Å². The first-order chi connectivity index (χ1) is 6.40. The van der Waals surface area contributed by atoms with Crippen LogP contribution in [-0.4, -0.2) is 35.2 Å². The van der Waals surface area contributed by atoms with Crippen molar-refractivity contribution in [2.24, 2.45) is 5.41 Å². The summed E-state index contributed by atoms with van der Waals surface area (Å²) in [6.45, 7) is 8.21. The standard InChI is InChI=1S/C10H21NO2S/c1-5-14-6-8(2)11-7-10(3,4)9(12)13/h8,11H,5-7H2,1-4H3,(H,12,13). The van der Waals surface area contributed by atoms with E-state index in [1.807, 2.05) is 11.8 Å². The number of aliphatic carboxylic acids is 1. The van der Waals surface area contributed by atoms with Gasteiger partial charge in [0.1, 0.15) is 0 Å². The van der Waals surface area contributed by atoms with Crippen LogP contribution in [0.4, 0.5) is 0 Å². The van der Waals surface area contributed by atoms with Gasteiger partial charge in [0.2, 0.25) is 0 Å². The molecule has 0 aromatic rings. The van der Waals surface area contributed by atoms with Crippen LogP contribution in [0, 0.1) is 5.41 Å². The molecule has 0 aromatic carbocycles. The lowest BCUT2D eigenvalue weighted by molar-refractivity contribution is -0.146. The van der Waals surface area contributed by atoms with Crippen molar-refractivity contribution < 1.29 is 9.90 Å². The topological polar surface area (TPSA) is 49.3 Å². The fourth-order valence-corrected chi connectivity index (χ4v) is 1.57. The summed E-state index contributed by atoms with van der Waals surface area (Å²) in [6, 6.07) is 0.374. The van der Waals surface area contributed by atoms with Crippen LogP contribution in [0.3, 0.4) is 0 Å². The summed E-state index contributed by atoms with van der Waals surface area (Å²) < 4.78 is 0. The van der Waals surface area contributed by atoms with Gasteiger partial charge in [-0.25, -0.2) is 0 Å². The largest absolute Gasteiger partial charge is 0.481 e. The zero-order valence-corrected chi connectivity index (χ0v) is 10.3. The van der Waals surface area contributed by atoms with Crippen LogP contribution in [-0.2, 0) is 4.79 Å². The van der Waals surface area contributed by atoms with Gasteiger partial charge in [0.15, 0.2) is 0 Å². The maximum atomic E-state index is 10.8. The Balaban J connectivity index is 3.75. The molecule has 1 atom stereocenters. The maximum absolute atomic E-state index is 10.8. The smallest absolute Gasteiger partial charge is 0.310 e. The first kappa shape index (κ1) is 13.8. The van der Waals surface area contributed by atoms with Gasteiger partial charge in [0.05, 0.1) is 5.41 Å². The predicted octanol–water partition coefficient (Wildman–Crippen LogP) is 1.83. The van der Waals surface area contributed by atoms with E-state index in [-0.39, 0.29) is 0 Å². The minimum absolute atomic E-state index is 0.374. The summed E-state index contributed by atoms with van der Waals surface area (Å²) in [5, 5.41) is 12.1. The van der Waals surface area contributed by atoms with E-state index in [2.05, 4.69) is 19.2 Å². The summed E-state index contributed by atoms with van der Waals surface area (Å²) in [5.41, 5.74) is -0.675. The molecule has 0 saturated carbocycles. The number of rotatable bonds is 7. The van der Waals surface area contributed by atoms with E-state index >= 15 is 0 Å². The Labute approximate surface area is 90.7 Å². The lowest BCUT2D eigenvalue weighted by Crippen LogP contribution is -2.40. The quantitative estimate of drug-likeness (QED) is 0.686. The minimum Gasteiger partial charge on any atom is -0.481 e. The third kappa shape index (κ3) is 5.50. The highest BCUT2D eigenvalue weighted by Gasteiger charge is 2.26. The predicted molar refractivity (Wildman–Crippen MR) is 61.9 cm³/mol. The van der Waals surface area contributed by atoms with Crippen molar-refractivity contribution in [2.75, 3.05) is 18.1 Å². The average molecular weight is 219 g/mol. The molecule has 0 saturated heterocycles. The second kappa shape index (κ2) is 6.30. The van der Waals surface area contributed by atoms with Crippen molar-refractivity contribution in [3.8, 4) is 0 Å². The van der Waals surface area contributed by atoms with Crippen LogP contribution < -0.4 is 5.32 Å². The number of carbonyl (C=O) groups is 1. The van der Waals surface area contributed by atoms with Crippen LogP contribution >= 0.6 is 11.8 Å². The zero-order valence-electron chi connectivity index (χ0n) is 9.46. The summed E-state index contributed by atoms with van der Waals surface area (Å²) in [5.74, 6) is 1.39. The summed E-state index contributed by atoms with van der Waals surface area (Å²) in [7, 11) is 0. The number of nitrogens with one attached hydrogen (secondary N) is 1. The Hall–Kier alpha value is -0.220. The van der Waals surface area contributed by atoms with Gasteiger partial charge in [0.25, 0.3) is 0 Å². The van der Waals surface area contributed by atoms with Gasteiger partial charge in [-0.05, 0) is 26.5 Å². The van der Waals surface area contributed by atoms with E-state index in [9.17, 15) is 4.79 Å². The SMILES string of the molecule is CCSCC(C)NCC(C)(C)C(=O)O. The van der Waals surface area contributed by atoms with E-state index in [1.54, 1.807) is 13.8 Å². The second-order valence-corrected chi connectivity index (χ2v) is 5.45. The molecule has 0 rings (SSSR count). The lowest BCUT2D eigenvalue weighted by Gasteiger charge is -2.22. The molecule has 2 N–H and O–H groups in total. The normalized spacial score (nSPS) is 14.0. The number of hydrogen-bond donors (Lipinski definition) is 2. The van der Waals surface area contributed by atoms with Crippen molar-refractivity contribution >= 4 is 17.7 Å². The zero-order chi connectivity index (χ0) is 11.2. The Morgan fingerprint density at radius 1 is 1.57 bits per heavy atom. The van der Waals surface area contributed by atoms with Gasteiger partial charge in [-0.1, -0.05) is 6.92 Å². The second-order valence-electron chi connectivity index (χ2n) is 4.13. The van der Waals surface area contributed by atoms with Gasteiger partial charge in [0, 0.05) is 18.3 Å². The van der Waals surface area contributed by atoms with E-state index in [0.29, 0.717) is 12.6 Å². The van der Waals surface area contributed by atoms with Crippen LogP contribution in [0.1, 0.15) is 27.7 Å². The van der Waals surface area contributed by atoms with E-state index in [1.165, 1.54) is 0 Å². The van der Waals surface area contributed by atoms with Crippen molar-refractivity contribution in [2.45, 2.75) is 33.7 Å². The van der Waals surface area contributed by atoms with E-state index in [0.717, 1.165) is 11.5 Å². The molecular weight excluding hydrogens is 198 g/mol. The highest BCUT2D eigenvalue weighted by molar-refractivity contribution is 7.99. The molecule has 4 heteroatoms. The Bertz CT molecular complexity index is 183. The molecule has 0 fully saturated rings. The molecule has 0 bridgehead atoms. The summed E-state index contributed by atoms with van der Waals surface area (Å²) in [6.07, 6.45) is 0. The van der Waals surface area contributed by atoms with Crippen molar-refractivity contribution in [3.63, 3.8) is 0 Å². The average Bonchev–Trinajstić information content (AvgIpc) is 2.11. The number of thioether (sulfide) groups is 1.